The average Bonchev–Trinajstić information content (AvgIpc) is 2.42. The predicted octanol–water partition coefficient (Wildman–Crippen LogP) is 2.30. The van der Waals surface area contributed by atoms with E-state index in [0.29, 0.717) is 6.54 Å². The standard InChI is InChI=1S/C14H21BrN2O/c15-12-6-4-11(5-7-12)14(9-16)17-8-2-1-3-13(17)10-18/h4-7,13-14,18H,1-3,8-10,16H2. The SMILES string of the molecule is NCC(c1ccc(Br)cc1)N1CCCCC1CO. The molecule has 2 rings (SSSR count). The second-order valence-corrected chi connectivity index (χ2v) is 5.79. The van der Waals surface area contributed by atoms with Crippen molar-refractivity contribution in [2.45, 2.75) is 31.3 Å². The number of hydrogen-bond donors (Lipinski definition) is 2. The largest absolute Gasteiger partial charge is 0.395 e. The van der Waals surface area contributed by atoms with Crippen LogP contribution in [0.5, 0.6) is 0 Å². The third kappa shape index (κ3) is 3.12. The normalized spacial score (nSPS) is 22.9. The number of aliphatic hydroxyl groups excluding tert-OH is 1. The Kier molecular flexibility index (Phi) is 5.18. The van der Waals surface area contributed by atoms with Crippen LogP contribution in [0.1, 0.15) is 30.9 Å². The van der Waals surface area contributed by atoms with E-state index in [9.17, 15) is 5.11 Å². The van der Waals surface area contributed by atoms with Crippen molar-refractivity contribution >= 4 is 15.9 Å². The zero-order valence-corrected chi connectivity index (χ0v) is 12.1. The first-order chi connectivity index (χ1) is 8.76. The Morgan fingerprint density at radius 3 is 2.67 bits per heavy atom. The summed E-state index contributed by atoms with van der Waals surface area (Å²) in [6.07, 6.45) is 3.48. The minimum Gasteiger partial charge on any atom is -0.395 e. The van der Waals surface area contributed by atoms with E-state index in [1.54, 1.807) is 0 Å². The van der Waals surface area contributed by atoms with Gasteiger partial charge < -0.3 is 10.8 Å². The minimum atomic E-state index is 0.218. The van der Waals surface area contributed by atoms with Gasteiger partial charge in [-0.3, -0.25) is 4.90 Å². The fourth-order valence-corrected chi connectivity index (χ4v) is 3.04. The summed E-state index contributed by atoms with van der Waals surface area (Å²) in [5, 5.41) is 9.51. The zero-order valence-electron chi connectivity index (χ0n) is 10.6. The molecule has 4 heteroatoms. The number of likely N-dealkylation sites (tertiary alicyclic amines) is 1. The number of nitrogens with two attached hydrogens (primary N) is 1. The van der Waals surface area contributed by atoms with Gasteiger partial charge in [-0.1, -0.05) is 34.5 Å². The lowest BCUT2D eigenvalue weighted by Gasteiger charge is -2.40. The summed E-state index contributed by atoms with van der Waals surface area (Å²) in [5.41, 5.74) is 7.19. The smallest absolute Gasteiger partial charge is 0.0587 e. The van der Waals surface area contributed by atoms with Gasteiger partial charge in [0.1, 0.15) is 0 Å². The lowest BCUT2D eigenvalue weighted by Crippen LogP contribution is -2.46. The monoisotopic (exact) mass is 312 g/mol. The number of rotatable bonds is 4. The highest BCUT2D eigenvalue weighted by molar-refractivity contribution is 9.10. The molecular weight excluding hydrogens is 292 g/mol. The van der Waals surface area contributed by atoms with Crippen LogP contribution in [-0.4, -0.2) is 35.7 Å². The number of piperidine rings is 1. The van der Waals surface area contributed by atoms with Crippen LogP contribution < -0.4 is 5.73 Å². The molecule has 0 radical (unpaired) electrons. The van der Waals surface area contributed by atoms with Gasteiger partial charge in [0, 0.05) is 23.1 Å². The van der Waals surface area contributed by atoms with Crippen LogP contribution in [0.4, 0.5) is 0 Å². The second-order valence-electron chi connectivity index (χ2n) is 4.87. The summed E-state index contributed by atoms with van der Waals surface area (Å²) in [6, 6.07) is 8.81. The van der Waals surface area contributed by atoms with E-state index >= 15 is 0 Å². The molecule has 0 aromatic heterocycles. The van der Waals surface area contributed by atoms with Gasteiger partial charge in [-0.25, -0.2) is 0 Å². The Hall–Kier alpha value is -0.420. The minimum absolute atomic E-state index is 0.218. The fraction of sp³-hybridized carbons (Fsp3) is 0.571. The maximum atomic E-state index is 9.51. The van der Waals surface area contributed by atoms with E-state index in [4.69, 9.17) is 5.73 Å². The van der Waals surface area contributed by atoms with Crippen LogP contribution in [0.25, 0.3) is 0 Å². The van der Waals surface area contributed by atoms with Gasteiger partial charge in [-0.2, -0.15) is 0 Å². The summed E-state index contributed by atoms with van der Waals surface area (Å²) in [6.45, 7) is 1.86. The molecule has 1 saturated heterocycles. The summed E-state index contributed by atoms with van der Waals surface area (Å²) in [5.74, 6) is 0. The van der Waals surface area contributed by atoms with Gasteiger partial charge in [-0.05, 0) is 37.1 Å². The van der Waals surface area contributed by atoms with Crippen molar-refractivity contribution in [1.29, 1.82) is 0 Å². The molecule has 18 heavy (non-hydrogen) atoms. The Balaban J connectivity index is 2.18. The number of aliphatic hydroxyl groups is 1. The first-order valence-corrected chi connectivity index (χ1v) is 7.37. The molecular formula is C14H21BrN2O. The Morgan fingerprint density at radius 1 is 1.33 bits per heavy atom. The lowest BCUT2D eigenvalue weighted by molar-refractivity contribution is 0.0552. The summed E-state index contributed by atoms with van der Waals surface area (Å²) in [4.78, 5) is 2.37. The molecule has 1 aliphatic rings. The molecule has 0 spiro atoms. The Labute approximate surface area is 117 Å². The van der Waals surface area contributed by atoms with Gasteiger partial charge in [0.05, 0.1) is 6.61 Å². The molecule has 1 aliphatic heterocycles. The predicted molar refractivity (Wildman–Crippen MR) is 77.4 cm³/mol. The van der Waals surface area contributed by atoms with Crippen molar-refractivity contribution < 1.29 is 5.11 Å². The second kappa shape index (κ2) is 6.66. The maximum Gasteiger partial charge on any atom is 0.0587 e. The van der Waals surface area contributed by atoms with Gasteiger partial charge in [0.2, 0.25) is 0 Å². The summed E-state index contributed by atoms with van der Waals surface area (Å²) in [7, 11) is 0. The molecule has 1 aromatic carbocycles. The van der Waals surface area contributed by atoms with Gasteiger partial charge in [-0.15, -0.1) is 0 Å². The van der Waals surface area contributed by atoms with Gasteiger partial charge >= 0.3 is 0 Å². The van der Waals surface area contributed by atoms with Crippen LogP contribution in [0, 0.1) is 0 Å². The van der Waals surface area contributed by atoms with E-state index in [1.165, 1.54) is 18.4 Å². The summed E-state index contributed by atoms with van der Waals surface area (Å²) >= 11 is 3.45. The van der Waals surface area contributed by atoms with Crippen LogP contribution in [-0.2, 0) is 0 Å². The number of halogens is 1. The molecule has 2 atom stereocenters. The Morgan fingerprint density at radius 2 is 2.06 bits per heavy atom. The third-order valence-corrected chi connectivity index (χ3v) is 4.29. The Bertz CT molecular complexity index is 369. The number of nitrogens with zero attached hydrogens (tertiary/aromatic N) is 1. The van der Waals surface area contributed by atoms with Crippen LogP contribution in [0.3, 0.4) is 0 Å². The lowest BCUT2D eigenvalue weighted by atomic mass is 9.96. The number of hydrogen-bond acceptors (Lipinski definition) is 3. The quantitative estimate of drug-likeness (QED) is 0.897. The van der Waals surface area contributed by atoms with Gasteiger partial charge in [0.25, 0.3) is 0 Å². The molecule has 1 heterocycles. The highest BCUT2D eigenvalue weighted by atomic mass is 79.9. The molecule has 0 amide bonds. The first kappa shape index (κ1) is 14.0. The van der Waals surface area contributed by atoms with Gasteiger partial charge in [0.15, 0.2) is 0 Å². The highest BCUT2D eigenvalue weighted by Gasteiger charge is 2.28. The molecule has 0 aliphatic carbocycles. The molecule has 0 bridgehead atoms. The molecule has 1 aromatic rings. The van der Waals surface area contributed by atoms with E-state index in [-0.39, 0.29) is 18.7 Å². The van der Waals surface area contributed by atoms with E-state index in [1.807, 2.05) is 0 Å². The van der Waals surface area contributed by atoms with Crippen molar-refractivity contribution in [2.24, 2.45) is 5.73 Å². The zero-order chi connectivity index (χ0) is 13.0. The molecule has 0 saturated carbocycles. The van der Waals surface area contributed by atoms with Crippen molar-refractivity contribution in [2.75, 3.05) is 19.7 Å². The highest BCUT2D eigenvalue weighted by Crippen LogP contribution is 2.28. The van der Waals surface area contributed by atoms with E-state index in [2.05, 4.69) is 45.1 Å². The average molecular weight is 313 g/mol. The molecule has 100 valence electrons. The van der Waals surface area contributed by atoms with Crippen LogP contribution in [0.15, 0.2) is 28.7 Å². The number of benzene rings is 1. The van der Waals surface area contributed by atoms with Crippen molar-refractivity contribution in [3.63, 3.8) is 0 Å². The van der Waals surface area contributed by atoms with Crippen LogP contribution >= 0.6 is 15.9 Å². The molecule has 3 nitrogen and oxygen atoms in total. The van der Waals surface area contributed by atoms with Crippen molar-refractivity contribution in [1.82, 2.24) is 4.90 Å². The first-order valence-electron chi connectivity index (χ1n) is 6.58. The molecule has 1 fully saturated rings. The fourth-order valence-electron chi connectivity index (χ4n) is 2.78. The van der Waals surface area contributed by atoms with E-state index < -0.39 is 0 Å². The summed E-state index contributed by atoms with van der Waals surface area (Å²) < 4.78 is 1.08. The topological polar surface area (TPSA) is 49.5 Å². The van der Waals surface area contributed by atoms with Crippen LogP contribution in [0.2, 0.25) is 0 Å². The third-order valence-electron chi connectivity index (χ3n) is 3.76. The maximum absolute atomic E-state index is 9.51. The van der Waals surface area contributed by atoms with E-state index in [0.717, 1.165) is 17.4 Å². The van der Waals surface area contributed by atoms with Crippen molar-refractivity contribution in [3.8, 4) is 0 Å². The van der Waals surface area contributed by atoms with Crippen molar-refractivity contribution in [3.05, 3.63) is 34.3 Å². The molecule has 2 unspecified atom stereocenters. The molecule has 3 N–H and O–H groups in total.